The third kappa shape index (κ3) is 4.81. The molecule has 2 aromatic carbocycles. The molecule has 1 N–H and O–H groups in total. The van der Waals surface area contributed by atoms with E-state index in [4.69, 9.17) is 9.47 Å². The number of amides is 3. The van der Waals surface area contributed by atoms with E-state index in [1.54, 1.807) is 4.68 Å². The molecule has 2 aromatic heterocycles. The Labute approximate surface area is 246 Å². The first-order valence-electron chi connectivity index (χ1n) is 14.3. The van der Waals surface area contributed by atoms with E-state index in [-0.39, 0.29) is 43.3 Å². The lowest BCUT2D eigenvalue weighted by atomic mass is 9.73. The van der Waals surface area contributed by atoms with E-state index >= 15 is 0 Å². The van der Waals surface area contributed by atoms with Crippen LogP contribution < -0.4 is 14.8 Å². The monoisotopic (exact) mass is 585 g/mol. The molecule has 0 saturated carbocycles. The van der Waals surface area contributed by atoms with Gasteiger partial charge in [0.1, 0.15) is 12.9 Å². The Morgan fingerprint density at radius 2 is 2.00 bits per heavy atom. The minimum atomic E-state index is -0.590. The molecule has 14 nitrogen and oxygen atoms in total. The van der Waals surface area contributed by atoms with Gasteiger partial charge in [0.05, 0.1) is 25.3 Å². The predicted molar refractivity (Wildman–Crippen MR) is 151 cm³/mol. The lowest BCUT2D eigenvalue weighted by molar-refractivity contribution is -0.137. The number of tetrazole rings is 1. The van der Waals surface area contributed by atoms with E-state index in [9.17, 15) is 14.4 Å². The van der Waals surface area contributed by atoms with Crippen molar-refractivity contribution in [2.75, 3.05) is 45.9 Å². The average molecular weight is 586 g/mol. The van der Waals surface area contributed by atoms with Gasteiger partial charge in [-0.15, -0.1) is 5.10 Å². The van der Waals surface area contributed by atoms with Gasteiger partial charge < -0.3 is 24.6 Å². The van der Waals surface area contributed by atoms with Gasteiger partial charge in [-0.3, -0.25) is 19.1 Å². The molecule has 1 spiro atoms. The SMILES string of the molecule is Cn1nc(C(=O)N2C[C@H]3c4cccc5c4OC[C@@]3(CNC(=O)CN(C(=O)Cn3cnnn3)CCCO5)C2)c2ccccc21. The Kier molecular flexibility index (Phi) is 6.67. The Balaban J connectivity index is 1.19. The number of nitrogens with zero attached hydrogens (tertiary/aromatic N) is 8. The van der Waals surface area contributed by atoms with Crippen molar-refractivity contribution in [1.82, 2.24) is 45.1 Å². The number of aryl methyl sites for hydroxylation is 1. The van der Waals surface area contributed by atoms with Crippen LogP contribution in [0.25, 0.3) is 10.9 Å². The number of fused-ring (bicyclic) bond motifs is 10. The van der Waals surface area contributed by atoms with Crippen molar-refractivity contribution < 1.29 is 23.9 Å². The van der Waals surface area contributed by atoms with Gasteiger partial charge in [-0.05, 0) is 29.0 Å². The number of para-hydroxylation sites is 2. The second-order valence-corrected chi connectivity index (χ2v) is 11.4. The van der Waals surface area contributed by atoms with E-state index in [0.29, 0.717) is 56.5 Å². The van der Waals surface area contributed by atoms with Crippen molar-refractivity contribution in [2.24, 2.45) is 12.5 Å². The highest BCUT2D eigenvalue weighted by Gasteiger charge is 2.53. The van der Waals surface area contributed by atoms with Crippen LogP contribution in [0.15, 0.2) is 48.8 Å². The van der Waals surface area contributed by atoms with Crippen molar-refractivity contribution in [3.63, 3.8) is 0 Å². The summed E-state index contributed by atoms with van der Waals surface area (Å²) in [4.78, 5) is 43.6. The summed E-state index contributed by atoms with van der Waals surface area (Å²) in [5.74, 6) is 0.439. The topological polar surface area (TPSA) is 150 Å². The molecule has 6 heterocycles. The fourth-order valence-corrected chi connectivity index (χ4v) is 6.47. The number of carbonyl (C=O) groups is 3. The molecule has 3 amide bonds. The number of hydrogen-bond donors (Lipinski definition) is 1. The molecule has 4 aromatic rings. The fourth-order valence-electron chi connectivity index (χ4n) is 6.47. The van der Waals surface area contributed by atoms with Crippen LogP contribution in [0.4, 0.5) is 0 Å². The normalized spacial score (nSPS) is 22.0. The summed E-state index contributed by atoms with van der Waals surface area (Å²) in [7, 11) is 1.83. The summed E-state index contributed by atoms with van der Waals surface area (Å²) in [6.45, 7) is 1.81. The molecular weight excluding hydrogens is 554 g/mol. The van der Waals surface area contributed by atoms with Crippen LogP contribution in [-0.2, 0) is 23.2 Å². The second-order valence-electron chi connectivity index (χ2n) is 11.4. The third-order valence-corrected chi connectivity index (χ3v) is 8.63. The molecule has 4 aliphatic heterocycles. The van der Waals surface area contributed by atoms with E-state index in [1.165, 1.54) is 15.9 Å². The summed E-state index contributed by atoms with van der Waals surface area (Å²) >= 11 is 0. The van der Waals surface area contributed by atoms with E-state index < -0.39 is 5.41 Å². The van der Waals surface area contributed by atoms with Crippen molar-refractivity contribution in [3.8, 4) is 11.5 Å². The molecule has 222 valence electrons. The number of likely N-dealkylation sites (tertiary alicyclic amines) is 1. The van der Waals surface area contributed by atoms with Gasteiger partial charge in [0.25, 0.3) is 5.91 Å². The minimum absolute atomic E-state index is 0.0769. The van der Waals surface area contributed by atoms with Crippen LogP contribution in [0.1, 0.15) is 28.4 Å². The Bertz CT molecular complexity index is 1700. The zero-order valence-electron chi connectivity index (χ0n) is 23.7. The molecule has 4 bridgehead atoms. The number of ether oxygens (including phenoxy) is 2. The van der Waals surface area contributed by atoms with E-state index in [2.05, 4.69) is 25.9 Å². The zero-order valence-corrected chi connectivity index (χ0v) is 23.7. The van der Waals surface area contributed by atoms with Crippen LogP contribution in [-0.4, -0.2) is 103 Å². The second kappa shape index (κ2) is 10.7. The van der Waals surface area contributed by atoms with Gasteiger partial charge in [-0.2, -0.15) is 5.10 Å². The molecule has 2 atom stereocenters. The number of nitrogens with one attached hydrogen (secondary N) is 1. The van der Waals surface area contributed by atoms with Gasteiger partial charge >= 0.3 is 0 Å². The number of hydrogen-bond acceptors (Lipinski definition) is 9. The summed E-state index contributed by atoms with van der Waals surface area (Å²) in [5.41, 5.74) is 1.64. The first kappa shape index (κ1) is 26.9. The standard InChI is InChI=1S/C29H31N9O5/c1-35-22-8-3-2-6-20(22)26(32-35)28(41)37-12-21-19-7-4-9-23-27(19)43-17-29(21,16-37)15-30-24(39)13-36(10-5-11-42-23)25(40)14-38-18-31-33-34-38/h2-4,6-9,18,21H,5,10-17H2,1H3,(H,30,39)/t21-,29+/m0/s1. The molecule has 43 heavy (non-hydrogen) atoms. The summed E-state index contributed by atoms with van der Waals surface area (Å²) in [5, 5.41) is 19.3. The van der Waals surface area contributed by atoms with Gasteiger partial charge in [0, 0.05) is 55.5 Å². The molecule has 1 fully saturated rings. The summed E-state index contributed by atoms with van der Waals surface area (Å²) in [6.07, 6.45) is 1.86. The van der Waals surface area contributed by atoms with Gasteiger partial charge in [0.15, 0.2) is 17.2 Å². The molecule has 0 aliphatic carbocycles. The first-order valence-corrected chi connectivity index (χ1v) is 14.3. The van der Waals surface area contributed by atoms with Crippen LogP contribution in [0, 0.1) is 5.41 Å². The number of rotatable bonds is 3. The minimum Gasteiger partial charge on any atom is -0.490 e. The van der Waals surface area contributed by atoms with Crippen LogP contribution in [0.5, 0.6) is 11.5 Å². The highest BCUT2D eigenvalue weighted by atomic mass is 16.5. The van der Waals surface area contributed by atoms with Crippen LogP contribution >= 0.6 is 0 Å². The quantitative estimate of drug-likeness (QED) is 0.365. The van der Waals surface area contributed by atoms with Crippen molar-refractivity contribution >= 4 is 28.6 Å². The highest BCUT2D eigenvalue weighted by Crippen LogP contribution is 2.52. The molecule has 4 aliphatic rings. The summed E-state index contributed by atoms with van der Waals surface area (Å²) in [6, 6.07) is 13.5. The Hall–Kier alpha value is -5.01. The molecule has 0 radical (unpaired) electrons. The third-order valence-electron chi connectivity index (χ3n) is 8.63. The highest BCUT2D eigenvalue weighted by molar-refractivity contribution is 6.05. The van der Waals surface area contributed by atoms with Gasteiger partial charge in [-0.25, -0.2) is 4.68 Å². The van der Waals surface area contributed by atoms with Gasteiger partial charge in [-0.1, -0.05) is 30.3 Å². The van der Waals surface area contributed by atoms with Crippen molar-refractivity contribution in [2.45, 2.75) is 18.9 Å². The van der Waals surface area contributed by atoms with Gasteiger partial charge in [0.2, 0.25) is 11.8 Å². The average Bonchev–Trinajstić information content (AvgIpc) is 3.75. The van der Waals surface area contributed by atoms with Crippen LogP contribution in [0.2, 0.25) is 0 Å². The summed E-state index contributed by atoms with van der Waals surface area (Å²) < 4.78 is 15.5. The Morgan fingerprint density at radius 3 is 2.86 bits per heavy atom. The molecule has 14 heteroatoms. The maximum atomic E-state index is 14.0. The fraction of sp³-hybridized carbons (Fsp3) is 0.414. The number of aromatic nitrogens is 6. The van der Waals surface area contributed by atoms with E-state index in [0.717, 1.165) is 16.5 Å². The molecule has 0 unspecified atom stereocenters. The Morgan fingerprint density at radius 1 is 1.12 bits per heavy atom. The maximum Gasteiger partial charge on any atom is 0.275 e. The first-order chi connectivity index (χ1) is 20.9. The molecule has 8 rings (SSSR count). The maximum absolute atomic E-state index is 14.0. The predicted octanol–water partition coefficient (Wildman–Crippen LogP) is 0.606. The van der Waals surface area contributed by atoms with Crippen LogP contribution in [0.3, 0.4) is 0 Å². The van der Waals surface area contributed by atoms with Crippen molar-refractivity contribution in [1.29, 1.82) is 0 Å². The van der Waals surface area contributed by atoms with E-state index in [1.807, 2.05) is 54.4 Å². The van der Waals surface area contributed by atoms with Crippen molar-refractivity contribution in [3.05, 3.63) is 60.0 Å². The number of carbonyl (C=O) groups excluding carboxylic acids is 3. The largest absolute Gasteiger partial charge is 0.490 e. The lowest BCUT2D eigenvalue weighted by Crippen LogP contribution is -2.51. The lowest BCUT2D eigenvalue weighted by Gasteiger charge is -2.40. The molecular formula is C29H31N9O5. The molecule has 1 saturated heterocycles. The smallest absolute Gasteiger partial charge is 0.275 e. The number of benzene rings is 2. The zero-order chi connectivity index (χ0) is 29.6.